The highest BCUT2D eigenvalue weighted by Gasteiger charge is 2.28. The first-order valence-electron chi connectivity index (χ1n) is 7.80. The highest BCUT2D eigenvalue weighted by atomic mass is 32.1. The second-order valence-corrected chi connectivity index (χ2v) is 6.95. The zero-order valence-electron chi connectivity index (χ0n) is 12.8. The van der Waals surface area contributed by atoms with Crippen molar-refractivity contribution in [3.63, 3.8) is 0 Å². The van der Waals surface area contributed by atoms with Gasteiger partial charge in [-0.05, 0) is 31.5 Å². The van der Waals surface area contributed by atoms with E-state index in [0.717, 1.165) is 24.3 Å². The topological polar surface area (TPSA) is 57.6 Å². The van der Waals surface area contributed by atoms with Crippen molar-refractivity contribution in [1.82, 2.24) is 4.90 Å². The minimum Gasteiger partial charge on any atom is -0.480 e. The predicted molar refractivity (Wildman–Crippen MR) is 89.9 cm³/mol. The van der Waals surface area contributed by atoms with Gasteiger partial charge in [-0.15, -0.1) is 11.3 Å². The Morgan fingerprint density at radius 2 is 1.91 bits per heavy atom. The average molecular weight is 329 g/mol. The van der Waals surface area contributed by atoms with Crippen LogP contribution in [-0.2, 0) is 11.3 Å². The molecule has 0 spiro atoms. The summed E-state index contributed by atoms with van der Waals surface area (Å²) in [6.45, 7) is 1.40. The molecule has 1 fully saturated rings. The Morgan fingerprint density at radius 3 is 2.65 bits per heavy atom. The quantitative estimate of drug-likeness (QED) is 0.854. The molecule has 2 heterocycles. The van der Waals surface area contributed by atoms with Crippen LogP contribution in [0.5, 0.6) is 0 Å². The van der Waals surface area contributed by atoms with Crippen LogP contribution in [0.2, 0.25) is 0 Å². The van der Waals surface area contributed by atoms with E-state index < -0.39 is 12.0 Å². The molecule has 1 unspecified atom stereocenters. The van der Waals surface area contributed by atoms with Crippen LogP contribution in [0.15, 0.2) is 42.5 Å². The van der Waals surface area contributed by atoms with Crippen molar-refractivity contribution in [2.75, 3.05) is 6.54 Å². The van der Waals surface area contributed by atoms with E-state index >= 15 is 0 Å². The minimum absolute atomic E-state index is 0.0234. The summed E-state index contributed by atoms with van der Waals surface area (Å²) in [7, 11) is 0. The van der Waals surface area contributed by atoms with Gasteiger partial charge in [-0.25, -0.2) is 0 Å². The van der Waals surface area contributed by atoms with E-state index in [4.69, 9.17) is 0 Å². The first-order chi connectivity index (χ1) is 11.1. The van der Waals surface area contributed by atoms with Gasteiger partial charge in [0, 0.05) is 17.0 Å². The van der Waals surface area contributed by atoms with Crippen molar-refractivity contribution in [2.45, 2.75) is 31.8 Å². The lowest BCUT2D eigenvalue weighted by Crippen LogP contribution is -2.43. The second kappa shape index (κ2) is 7.06. The van der Waals surface area contributed by atoms with Crippen LogP contribution in [0.3, 0.4) is 0 Å². The normalized spacial score (nSPS) is 18.7. The maximum Gasteiger partial charge on any atom is 0.320 e. The number of piperidine rings is 1. The number of ketones is 1. The van der Waals surface area contributed by atoms with E-state index in [0.29, 0.717) is 23.4 Å². The van der Waals surface area contributed by atoms with Gasteiger partial charge in [-0.1, -0.05) is 36.8 Å². The van der Waals surface area contributed by atoms with Crippen LogP contribution >= 0.6 is 11.3 Å². The van der Waals surface area contributed by atoms with Crippen LogP contribution in [0, 0.1) is 0 Å². The van der Waals surface area contributed by atoms with Gasteiger partial charge in [0.15, 0.2) is 0 Å². The molecule has 1 aromatic carbocycles. The maximum absolute atomic E-state index is 12.4. The van der Waals surface area contributed by atoms with E-state index in [1.807, 2.05) is 47.4 Å². The summed E-state index contributed by atoms with van der Waals surface area (Å²) < 4.78 is 0. The van der Waals surface area contributed by atoms with Crippen molar-refractivity contribution in [1.29, 1.82) is 0 Å². The van der Waals surface area contributed by atoms with Crippen molar-refractivity contribution in [2.24, 2.45) is 0 Å². The lowest BCUT2D eigenvalue weighted by molar-refractivity contribution is -0.144. The fourth-order valence-electron chi connectivity index (χ4n) is 2.98. The molecule has 1 aliphatic heterocycles. The Hall–Kier alpha value is -1.98. The molecule has 3 rings (SSSR count). The fraction of sp³-hybridized carbons (Fsp3) is 0.333. The number of hydrogen-bond acceptors (Lipinski definition) is 4. The highest BCUT2D eigenvalue weighted by molar-refractivity contribution is 7.14. The molecular weight excluding hydrogens is 310 g/mol. The van der Waals surface area contributed by atoms with Crippen LogP contribution in [0.4, 0.5) is 0 Å². The molecule has 1 saturated heterocycles. The van der Waals surface area contributed by atoms with Crippen molar-refractivity contribution >= 4 is 23.1 Å². The van der Waals surface area contributed by atoms with E-state index in [1.165, 1.54) is 11.3 Å². The summed E-state index contributed by atoms with van der Waals surface area (Å²) in [5, 5.41) is 9.34. The number of carboxylic acids is 1. The van der Waals surface area contributed by atoms with Gasteiger partial charge < -0.3 is 5.11 Å². The molecule has 0 amide bonds. The van der Waals surface area contributed by atoms with Gasteiger partial charge in [0.05, 0.1) is 4.88 Å². The fourth-order valence-corrected chi connectivity index (χ4v) is 3.97. The zero-order valence-corrected chi connectivity index (χ0v) is 13.6. The molecule has 0 bridgehead atoms. The summed E-state index contributed by atoms with van der Waals surface area (Å²) in [6.07, 6.45) is 2.71. The van der Waals surface area contributed by atoms with Gasteiger partial charge in [-0.2, -0.15) is 0 Å². The Morgan fingerprint density at radius 1 is 1.13 bits per heavy atom. The number of nitrogens with zero attached hydrogens (tertiary/aromatic N) is 1. The number of thiophene rings is 1. The largest absolute Gasteiger partial charge is 0.480 e. The molecule has 1 aliphatic rings. The molecule has 0 saturated carbocycles. The lowest BCUT2D eigenvalue weighted by atomic mass is 10.0. The van der Waals surface area contributed by atoms with Gasteiger partial charge in [0.2, 0.25) is 5.78 Å². The molecule has 0 aliphatic carbocycles. The number of carboxylic acid groups (broad SMARTS) is 1. The zero-order chi connectivity index (χ0) is 16.2. The van der Waals surface area contributed by atoms with Crippen LogP contribution in [0.1, 0.15) is 39.4 Å². The number of benzene rings is 1. The number of carbonyl (C=O) groups is 2. The maximum atomic E-state index is 12.4. The Balaban J connectivity index is 1.72. The van der Waals surface area contributed by atoms with Gasteiger partial charge in [0.25, 0.3) is 0 Å². The summed E-state index contributed by atoms with van der Waals surface area (Å²) in [5.74, 6) is -0.725. The molecule has 1 aromatic heterocycles. The van der Waals surface area contributed by atoms with Crippen molar-refractivity contribution in [3.8, 4) is 0 Å². The molecule has 2 aromatic rings. The van der Waals surface area contributed by atoms with E-state index in [9.17, 15) is 14.7 Å². The summed E-state index contributed by atoms with van der Waals surface area (Å²) in [4.78, 5) is 27.5. The van der Waals surface area contributed by atoms with E-state index in [1.54, 1.807) is 0 Å². The number of hydrogen-bond donors (Lipinski definition) is 1. The smallest absolute Gasteiger partial charge is 0.320 e. The Bertz CT molecular complexity index is 695. The van der Waals surface area contributed by atoms with E-state index in [2.05, 4.69) is 0 Å². The Kier molecular flexibility index (Phi) is 4.88. The molecule has 1 N–H and O–H groups in total. The molecule has 120 valence electrons. The van der Waals surface area contributed by atoms with Crippen LogP contribution < -0.4 is 0 Å². The summed E-state index contributed by atoms with van der Waals surface area (Å²) in [5.41, 5.74) is 0.683. The lowest BCUT2D eigenvalue weighted by Gasteiger charge is -2.32. The second-order valence-electron chi connectivity index (χ2n) is 5.78. The first kappa shape index (κ1) is 15.9. The summed E-state index contributed by atoms with van der Waals surface area (Å²) >= 11 is 1.46. The number of aliphatic carboxylic acids is 1. The predicted octanol–water partition coefficient (Wildman–Crippen LogP) is 3.42. The van der Waals surface area contributed by atoms with Crippen molar-refractivity contribution < 1.29 is 14.7 Å². The third-order valence-electron chi connectivity index (χ3n) is 4.18. The van der Waals surface area contributed by atoms with E-state index in [-0.39, 0.29) is 5.78 Å². The number of carbonyl (C=O) groups excluding carboxylic acids is 1. The average Bonchev–Trinajstić information content (AvgIpc) is 3.04. The van der Waals surface area contributed by atoms with Gasteiger partial charge in [-0.3, -0.25) is 14.5 Å². The third-order valence-corrected chi connectivity index (χ3v) is 5.25. The third kappa shape index (κ3) is 3.68. The van der Waals surface area contributed by atoms with Crippen molar-refractivity contribution in [3.05, 3.63) is 57.8 Å². The minimum atomic E-state index is -0.748. The first-order valence-corrected chi connectivity index (χ1v) is 8.62. The Labute approximate surface area is 139 Å². The van der Waals surface area contributed by atoms with Gasteiger partial charge >= 0.3 is 5.97 Å². The molecule has 1 atom stereocenters. The monoisotopic (exact) mass is 329 g/mol. The van der Waals surface area contributed by atoms with Gasteiger partial charge in [0.1, 0.15) is 6.04 Å². The number of rotatable bonds is 5. The van der Waals surface area contributed by atoms with Crippen LogP contribution in [0.25, 0.3) is 0 Å². The molecule has 23 heavy (non-hydrogen) atoms. The molecule has 4 nitrogen and oxygen atoms in total. The number of likely N-dealkylation sites (tertiary alicyclic amines) is 1. The molecule has 5 heteroatoms. The molecule has 0 radical (unpaired) electrons. The summed E-state index contributed by atoms with van der Waals surface area (Å²) in [6, 6.07) is 12.6. The SMILES string of the molecule is O=C(c1ccccc1)c1ccc(CN2CCCCC2C(=O)O)s1. The standard InChI is InChI=1S/C18H19NO3S/c20-17(13-6-2-1-3-7-13)16-10-9-14(23-16)12-19-11-5-4-8-15(19)18(21)22/h1-3,6-7,9-10,15H,4-5,8,11-12H2,(H,21,22). The van der Waals surface area contributed by atoms with Crippen LogP contribution in [-0.4, -0.2) is 34.3 Å². The molecular formula is C18H19NO3S. The highest BCUT2D eigenvalue weighted by Crippen LogP contribution is 2.25.